The number of benzene rings is 2. The molecule has 2 saturated carbocycles. The van der Waals surface area contributed by atoms with E-state index in [0.717, 1.165) is 18.2 Å². The Morgan fingerprint density at radius 1 is 0.630 bits per heavy atom. The third-order valence-corrected chi connectivity index (χ3v) is 13.2. The molecule has 0 saturated heterocycles. The Balaban J connectivity index is 1.31. The Morgan fingerprint density at radius 2 is 1.04 bits per heavy atom. The number of nitrogens with two attached hydrogens (primary N) is 1. The monoisotopic (exact) mass is 829 g/mol. The fourth-order valence-electron chi connectivity index (χ4n) is 6.12. The van der Waals surface area contributed by atoms with Crippen LogP contribution >= 0.6 is 21.6 Å². The van der Waals surface area contributed by atoms with Crippen molar-refractivity contribution in [2.45, 2.75) is 91.7 Å². The number of hydrogen-bond acceptors (Lipinski definition) is 12. The van der Waals surface area contributed by atoms with Crippen molar-refractivity contribution in [3.8, 4) is 0 Å². The van der Waals surface area contributed by atoms with E-state index in [1.165, 1.54) is 39.8 Å². The van der Waals surface area contributed by atoms with Gasteiger partial charge in [0.1, 0.15) is 9.79 Å². The van der Waals surface area contributed by atoms with Crippen molar-refractivity contribution in [1.82, 2.24) is 21.3 Å². The van der Waals surface area contributed by atoms with E-state index in [-0.39, 0.29) is 53.3 Å². The minimum atomic E-state index is -4.92. The third-order valence-electron chi connectivity index (χ3n) is 8.99. The smallest absolute Gasteiger partial charge is 0.304 e. The second-order valence-electron chi connectivity index (χ2n) is 13.0. The number of rotatable bonds is 16. The maximum Gasteiger partial charge on any atom is 0.304 e. The summed E-state index contributed by atoms with van der Waals surface area (Å²) in [5, 5.41) is 19.6. The molecule has 0 aliphatic heterocycles. The lowest BCUT2D eigenvalue weighted by Gasteiger charge is -2.30. The van der Waals surface area contributed by atoms with Gasteiger partial charge in [0, 0.05) is 53.3 Å². The van der Waals surface area contributed by atoms with Gasteiger partial charge < -0.3 is 32.1 Å². The van der Waals surface area contributed by atoms with E-state index >= 15 is 0 Å². The fourth-order valence-corrected chi connectivity index (χ4v) is 9.44. The first-order chi connectivity index (χ1) is 25.4. The molecule has 21 heteroatoms. The van der Waals surface area contributed by atoms with Crippen LogP contribution < -0.4 is 27.0 Å². The van der Waals surface area contributed by atoms with Gasteiger partial charge in [0.05, 0.1) is 17.5 Å². The SMILES string of the molecule is NC1CCC(NC(=O)c2ccc(C(=O)NC3CCC(NC(=O)c4ccc(C(=O)NCCSSCCC(=O)O)cc4S(=O)(=O)O)CC3)cc2S(=O)(=O)O)CC1. The van der Waals surface area contributed by atoms with Crippen molar-refractivity contribution in [3.05, 3.63) is 58.7 Å². The molecule has 54 heavy (non-hydrogen) atoms. The summed E-state index contributed by atoms with van der Waals surface area (Å²) in [7, 11) is -7.11. The molecule has 2 aromatic rings. The van der Waals surface area contributed by atoms with Gasteiger partial charge in [-0.15, -0.1) is 0 Å². The Labute approximate surface area is 320 Å². The van der Waals surface area contributed by atoms with Crippen molar-refractivity contribution >= 4 is 71.4 Å². The molecule has 17 nitrogen and oxygen atoms in total. The maximum atomic E-state index is 13.2. The summed E-state index contributed by atoms with van der Waals surface area (Å²) >= 11 is 0. The van der Waals surface area contributed by atoms with E-state index in [1.54, 1.807) is 0 Å². The predicted octanol–water partition coefficient (Wildman–Crippen LogP) is 2.24. The Hall–Kier alpha value is -3.73. The van der Waals surface area contributed by atoms with Crippen molar-refractivity contribution in [2.75, 3.05) is 18.1 Å². The highest BCUT2D eigenvalue weighted by Gasteiger charge is 2.29. The van der Waals surface area contributed by atoms with Crippen molar-refractivity contribution < 1.29 is 55.0 Å². The molecule has 4 rings (SSSR count). The Kier molecular flexibility index (Phi) is 15.3. The topological polar surface area (TPSA) is 288 Å². The zero-order valence-electron chi connectivity index (χ0n) is 29.0. The van der Waals surface area contributed by atoms with Crippen molar-refractivity contribution in [2.24, 2.45) is 5.73 Å². The highest BCUT2D eigenvalue weighted by molar-refractivity contribution is 8.76. The summed E-state index contributed by atoms with van der Waals surface area (Å²) in [6.07, 6.45) is 4.16. The summed E-state index contributed by atoms with van der Waals surface area (Å²) in [5.41, 5.74) is 5.04. The molecule has 4 amide bonds. The van der Waals surface area contributed by atoms with Gasteiger partial charge in [0.15, 0.2) is 0 Å². The molecule has 9 N–H and O–H groups in total. The number of carbonyl (C=O) groups is 5. The number of carbonyl (C=O) groups excluding carboxylic acids is 4. The summed E-state index contributed by atoms with van der Waals surface area (Å²) < 4.78 is 68.6. The van der Waals surface area contributed by atoms with E-state index in [0.29, 0.717) is 62.9 Å². The van der Waals surface area contributed by atoms with Gasteiger partial charge in [-0.1, -0.05) is 21.6 Å². The Morgan fingerprint density at radius 3 is 1.48 bits per heavy atom. The van der Waals surface area contributed by atoms with Crippen LogP contribution in [0.4, 0.5) is 0 Å². The Bertz CT molecular complexity index is 1950. The molecule has 0 unspecified atom stereocenters. The van der Waals surface area contributed by atoms with Crippen LogP contribution in [0.3, 0.4) is 0 Å². The summed E-state index contributed by atoms with van der Waals surface area (Å²) in [6, 6.07) is 5.69. The van der Waals surface area contributed by atoms with Crippen LogP contribution in [0, 0.1) is 0 Å². The predicted molar refractivity (Wildman–Crippen MR) is 201 cm³/mol. The quantitative estimate of drug-likeness (QED) is 0.0684. The summed E-state index contributed by atoms with van der Waals surface area (Å²) in [6.45, 7) is 0.198. The van der Waals surface area contributed by atoms with E-state index in [2.05, 4.69) is 21.3 Å². The molecule has 0 heterocycles. The molecular formula is C33H43N5O12S4. The van der Waals surface area contributed by atoms with E-state index in [9.17, 15) is 49.9 Å². The number of aliphatic carboxylic acids is 1. The third kappa shape index (κ3) is 12.7. The van der Waals surface area contributed by atoms with Gasteiger partial charge in [-0.3, -0.25) is 33.1 Å². The summed E-state index contributed by atoms with van der Waals surface area (Å²) in [5.74, 6) is -2.85. The molecule has 2 aliphatic rings. The minimum Gasteiger partial charge on any atom is -0.481 e. The van der Waals surface area contributed by atoms with Crippen LogP contribution in [-0.2, 0) is 25.0 Å². The minimum absolute atomic E-state index is 0.00365. The van der Waals surface area contributed by atoms with Crippen molar-refractivity contribution in [1.29, 1.82) is 0 Å². The lowest BCUT2D eigenvalue weighted by molar-refractivity contribution is -0.136. The van der Waals surface area contributed by atoms with E-state index in [4.69, 9.17) is 10.8 Å². The van der Waals surface area contributed by atoms with Gasteiger partial charge in [0.2, 0.25) is 0 Å². The molecule has 0 radical (unpaired) electrons. The highest BCUT2D eigenvalue weighted by atomic mass is 33.1. The lowest BCUT2D eigenvalue weighted by Crippen LogP contribution is -2.44. The average molecular weight is 830 g/mol. The van der Waals surface area contributed by atoms with Gasteiger partial charge in [-0.25, -0.2) is 0 Å². The molecule has 2 fully saturated rings. The van der Waals surface area contributed by atoms with Crippen LogP contribution in [0.15, 0.2) is 46.2 Å². The van der Waals surface area contributed by atoms with Gasteiger partial charge >= 0.3 is 5.97 Å². The van der Waals surface area contributed by atoms with Crippen LogP contribution in [0.25, 0.3) is 0 Å². The number of carboxylic acid groups (broad SMARTS) is 1. The molecule has 2 aliphatic carbocycles. The van der Waals surface area contributed by atoms with Gasteiger partial charge in [-0.2, -0.15) is 16.8 Å². The van der Waals surface area contributed by atoms with Crippen LogP contribution in [0.2, 0.25) is 0 Å². The normalized spacial score (nSPS) is 20.4. The first kappa shape index (κ1) is 43.0. The van der Waals surface area contributed by atoms with Crippen LogP contribution in [0.1, 0.15) is 99.2 Å². The van der Waals surface area contributed by atoms with E-state index in [1.807, 2.05) is 0 Å². The molecule has 0 atom stereocenters. The molecule has 0 aromatic heterocycles. The molecular weight excluding hydrogens is 787 g/mol. The van der Waals surface area contributed by atoms with E-state index < -0.39 is 65.7 Å². The number of carboxylic acids is 1. The number of hydrogen-bond donors (Lipinski definition) is 8. The standard InChI is InChI=1S/C33H43N5O12S4/c34-21-3-5-22(6-4-21)37-32(43)26-12-2-20(18-28(26)54(48,49)50)31(42)36-23-7-9-24(10-8-23)38-33(44)25-11-1-19(17-27(25)53(45,46)47)30(41)35-14-16-52-51-15-13-29(39)40/h1-2,11-12,17-18,21-24H,3-10,13-16,34H2,(H,35,41)(H,36,42)(H,37,43)(H,38,44)(H,39,40)(H,45,46,47)(H,48,49,50). The molecule has 0 bridgehead atoms. The first-order valence-electron chi connectivity index (χ1n) is 17.1. The molecule has 2 aromatic carbocycles. The first-order valence-corrected chi connectivity index (χ1v) is 22.4. The number of amides is 4. The van der Waals surface area contributed by atoms with Crippen LogP contribution in [0.5, 0.6) is 0 Å². The fraction of sp³-hybridized carbons (Fsp3) is 0.485. The average Bonchev–Trinajstić information content (AvgIpc) is 3.11. The molecule has 296 valence electrons. The van der Waals surface area contributed by atoms with Gasteiger partial charge in [0.25, 0.3) is 43.9 Å². The van der Waals surface area contributed by atoms with Crippen molar-refractivity contribution in [3.63, 3.8) is 0 Å². The maximum absolute atomic E-state index is 13.2. The van der Waals surface area contributed by atoms with Crippen LogP contribution in [-0.4, -0.2) is 103 Å². The lowest BCUT2D eigenvalue weighted by atomic mass is 9.90. The second kappa shape index (κ2) is 19.2. The highest BCUT2D eigenvalue weighted by Crippen LogP contribution is 2.25. The molecule has 0 spiro atoms. The largest absolute Gasteiger partial charge is 0.481 e. The number of nitrogens with one attached hydrogen (secondary N) is 4. The zero-order valence-corrected chi connectivity index (χ0v) is 32.3. The zero-order chi connectivity index (χ0) is 39.6. The second-order valence-corrected chi connectivity index (χ2v) is 18.5. The summed E-state index contributed by atoms with van der Waals surface area (Å²) in [4.78, 5) is 60.9. The van der Waals surface area contributed by atoms with Gasteiger partial charge in [-0.05, 0) is 87.8 Å².